The first kappa shape index (κ1) is 41.2. The van der Waals surface area contributed by atoms with Gasteiger partial charge in [-0.15, -0.1) is 0 Å². The average Bonchev–Trinajstić information content (AvgIpc) is 3.40. The van der Waals surface area contributed by atoms with Crippen LogP contribution in [0.15, 0.2) is 41.5 Å². The van der Waals surface area contributed by atoms with Crippen LogP contribution in [0.1, 0.15) is 146 Å². The quantitative estimate of drug-likeness (QED) is 0.253. The minimum Gasteiger partial charge on any atom is -0.462 e. The van der Waals surface area contributed by atoms with Crippen LogP contribution in [-0.2, 0) is 35.3 Å². The lowest BCUT2D eigenvalue weighted by atomic mass is 9.33. The highest BCUT2D eigenvalue weighted by Crippen LogP contribution is 2.76. The molecule has 1 amide bonds. The minimum absolute atomic E-state index is 0.0293. The van der Waals surface area contributed by atoms with Crippen molar-refractivity contribution in [2.45, 2.75) is 164 Å². The van der Waals surface area contributed by atoms with Gasteiger partial charge in [-0.1, -0.05) is 92.6 Å². The van der Waals surface area contributed by atoms with Crippen LogP contribution < -0.4 is 11.1 Å². The zero-order valence-corrected chi connectivity index (χ0v) is 36.2. The SMILES string of the molecule is CC(C)C1=C2[C@H]3CCC4[C@@]5(C)CC[C@H](OC(=O)[C@H]6C[C@@H](C(=O)OCc7ccccc7)C6(C)C)C(C)(C)C5CC[C@@]4(C)[C@]3(C)CC[C@@]2(NC(=O)C(C)(C)N)CC1=O. The predicted octanol–water partition coefficient (Wildman–Crippen LogP) is 8.89. The zero-order valence-electron chi connectivity index (χ0n) is 36.2. The van der Waals surface area contributed by atoms with Crippen molar-refractivity contribution >= 4 is 23.6 Å². The number of nitrogens with one attached hydrogen (secondary N) is 1. The summed E-state index contributed by atoms with van der Waals surface area (Å²) in [6, 6.07) is 9.70. The van der Waals surface area contributed by atoms with Crippen LogP contribution in [0.25, 0.3) is 0 Å². The van der Waals surface area contributed by atoms with Crippen LogP contribution in [0.5, 0.6) is 0 Å². The molecule has 8 heteroatoms. The van der Waals surface area contributed by atoms with Gasteiger partial charge in [0.2, 0.25) is 5.91 Å². The number of fused-ring (bicyclic) bond motifs is 7. The number of hydrogen-bond donors (Lipinski definition) is 2. The van der Waals surface area contributed by atoms with E-state index in [9.17, 15) is 19.2 Å². The molecule has 1 aromatic rings. The molecule has 8 nitrogen and oxygen atoms in total. The first-order chi connectivity index (χ1) is 25.9. The van der Waals surface area contributed by atoms with Crippen LogP contribution in [-0.4, -0.2) is 40.8 Å². The van der Waals surface area contributed by atoms with Crippen molar-refractivity contribution in [2.75, 3.05) is 0 Å². The van der Waals surface area contributed by atoms with Gasteiger partial charge in [0, 0.05) is 11.8 Å². The summed E-state index contributed by atoms with van der Waals surface area (Å²) in [5.74, 6) is 0.112. The number of Topliss-reactive ketones (excluding diaryl/α,β-unsaturated/α-hetero) is 1. The van der Waals surface area contributed by atoms with Gasteiger partial charge in [-0.25, -0.2) is 0 Å². The Morgan fingerprint density at radius 3 is 2.11 bits per heavy atom. The van der Waals surface area contributed by atoms with E-state index in [2.05, 4.69) is 53.8 Å². The number of amides is 1. The first-order valence-electron chi connectivity index (χ1n) is 21.7. The third kappa shape index (κ3) is 6.06. The topological polar surface area (TPSA) is 125 Å². The molecule has 0 heterocycles. The monoisotopic (exact) mass is 771 g/mol. The molecule has 0 radical (unpaired) electrons. The van der Waals surface area contributed by atoms with Crippen molar-refractivity contribution < 1.29 is 28.7 Å². The third-order valence-electron chi connectivity index (χ3n) is 17.6. The van der Waals surface area contributed by atoms with E-state index in [4.69, 9.17) is 15.2 Å². The molecular formula is C48H70N2O6. The molecule has 0 aliphatic heterocycles. The molecule has 0 spiro atoms. The Balaban J connectivity index is 1.08. The molecule has 6 aliphatic rings. The van der Waals surface area contributed by atoms with Crippen LogP contribution in [0.2, 0.25) is 0 Å². The Kier molecular flexibility index (Phi) is 9.94. The van der Waals surface area contributed by atoms with Gasteiger partial charge in [0.1, 0.15) is 12.7 Å². The number of hydrogen-bond acceptors (Lipinski definition) is 7. The fourth-order valence-corrected chi connectivity index (χ4v) is 14.1. The Morgan fingerprint density at radius 1 is 0.821 bits per heavy atom. The van der Waals surface area contributed by atoms with E-state index in [-0.39, 0.29) is 81.7 Å². The van der Waals surface area contributed by atoms with Gasteiger partial charge in [0.25, 0.3) is 0 Å². The van der Waals surface area contributed by atoms with E-state index in [1.165, 1.54) is 5.57 Å². The largest absolute Gasteiger partial charge is 0.462 e. The highest BCUT2D eigenvalue weighted by molar-refractivity contribution is 6.02. The minimum atomic E-state index is -1.03. The summed E-state index contributed by atoms with van der Waals surface area (Å²) in [7, 11) is 0. The molecule has 308 valence electrons. The molecule has 1 aromatic carbocycles. The highest BCUT2D eigenvalue weighted by atomic mass is 16.5. The standard InChI is InChI=1S/C48H70N2O6/c1-28(2)37-33(51)26-48(50-41(54)44(7,8)49)24-23-46(10)30(38(37)48)17-18-35-45(9)21-20-36(43(5,6)34(45)19-22-47(35,46)11)56-40(53)32-25-31(42(32,3)4)39(52)55-27-29-15-13-12-14-16-29/h12-16,28,30-32,34-36H,17-27,49H2,1-11H3,(H,50,54)/t30-,31+,32-,34?,35?,36+,45+,46-,47-,48-/m1/s1. The van der Waals surface area contributed by atoms with Crippen LogP contribution in [0.4, 0.5) is 0 Å². The summed E-state index contributed by atoms with van der Waals surface area (Å²) in [6.45, 7) is 24.3. The molecule has 56 heavy (non-hydrogen) atoms. The fraction of sp³-hybridized carbons (Fsp3) is 0.750. The maximum Gasteiger partial charge on any atom is 0.309 e. The zero-order chi connectivity index (χ0) is 41.0. The number of allylic oxidation sites excluding steroid dienone is 1. The van der Waals surface area contributed by atoms with Gasteiger partial charge in [-0.3, -0.25) is 19.2 Å². The molecule has 5 saturated carbocycles. The van der Waals surface area contributed by atoms with Crippen molar-refractivity contribution in [3.63, 3.8) is 0 Å². The Hall–Kier alpha value is -3.00. The van der Waals surface area contributed by atoms with Crippen molar-refractivity contribution in [1.29, 1.82) is 0 Å². The van der Waals surface area contributed by atoms with Gasteiger partial charge in [-0.05, 0) is 134 Å². The van der Waals surface area contributed by atoms with E-state index in [0.717, 1.165) is 62.5 Å². The Bertz CT molecular complexity index is 1810. The highest BCUT2D eigenvalue weighted by Gasteiger charge is 2.70. The van der Waals surface area contributed by atoms with E-state index in [1.807, 2.05) is 44.2 Å². The fourth-order valence-electron chi connectivity index (χ4n) is 14.1. The van der Waals surface area contributed by atoms with Crippen LogP contribution in [0.3, 0.4) is 0 Å². The molecule has 2 unspecified atom stereocenters. The number of ether oxygens (including phenoxy) is 2. The lowest BCUT2D eigenvalue weighted by Crippen LogP contribution is -2.68. The summed E-state index contributed by atoms with van der Waals surface area (Å²) in [4.78, 5) is 54.5. The second-order valence-corrected chi connectivity index (χ2v) is 22.0. The molecular weight excluding hydrogens is 701 g/mol. The summed E-state index contributed by atoms with van der Waals surface area (Å²) >= 11 is 0. The maximum atomic E-state index is 14.0. The lowest BCUT2D eigenvalue weighted by molar-refractivity contribution is -0.235. The van der Waals surface area contributed by atoms with Gasteiger partial charge < -0.3 is 20.5 Å². The lowest BCUT2D eigenvalue weighted by Gasteiger charge is -2.72. The summed E-state index contributed by atoms with van der Waals surface area (Å²) in [6.07, 6.45) is 8.41. The van der Waals surface area contributed by atoms with E-state index in [1.54, 1.807) is 13.8 Å². The van der Waals surface area contributed by atoms with Crippen molar-refractivity contribution in [3.8, 4) is 0 Å². The normalized spacial score (nSPS) is 39.7. The molecule has 6 aliphatic carbocycles. The van der Waals surface area contributed by atoms with Crippen LogP contribution >= 0.6 is 0 Å². The summed E-state index contributed by atoms with van der Waals surface area (Å²) in [5, 5.41) is 3.40. The number of benzene rings is 1. The number of ketones is 1. The molecule has 0 bridgehead atoms. The Morgan fingerprint density at radius 2 is 1.48 bits per heavy atom. The average molecular weight is 771 g/mol. The number of nitrogens with two attached hydrogens (primary N) is 1. The number of carbonyl (C=O) groups is 4. The molecule has 7 rings (SSSR count). The number of carbonyl (C=O) groups excluding carboxylic acids is 4. The predicted molar refractivity (Wildman–Crippen MR) is 218 cm³/mol. The Labute approximate surface area is 336 Å². The summed E-state index contributed by atoms with van der Waals surface area (Å²) < 4.78 is 12.2. The third-order valence-corrected chi connectivity index (χ3v) is 17.6. The molecule has 0 saturated heterocycles. The molecule has 10 atom stereocenters. The van der Waals surface area contributed by atoms with Gasteiger partial charge in [0.05, 0.1) is 22.9 Å². The smallest absolute Gasteiger partial charge is 0.309 e. The molecule has 0 aromatic heterocycles. The van der Waals surface area contributed by atoms with E-state index < -0.39 is 16.5 Å². The van der Waals surface area contributed by atoms with Gasteiger partial charge in [-0.2, -0.15) is 0 Å². The second-order valence-electron chi connectivity index (χ2n) is 22.0. The van der Waals surface area contributed by atoms with Gasteiger partial charge in [0.15, 0.2) is 5.78 Å². The first-order valence-corrected chi connectivity index (χ1v) is 21.7. The van der Waals surface area contributed by atoms with Crippen molar-refractivity contribution in [2.24, 2.45) is 68.3 Å². The maximum absolute atomic E-state index is 14.0. The second kappa shape index (κ2) is 13.5. The molecule has 5 fully saturated rings. The number of rotatable bonds is 8. The van der Waals surface area contributed by atoms with E-state index in [0.29, 0.717) is 24.7 Å². The van der Waals surface area contributed by atoms with Gasteiger partial charge >= 0.3 is 11.9 Å². The summed E-state index contributed by atoms with van der Waals surface area (Å²) in [5.41, 5.74) is 7.11. The van der Waals surface area contributed by atoms with Crippen molar-refractivity contribution in [1.82, 2.24) is 5.32 Å². The number of esters is 2. The van der Waals surface area contributed by atoms with Crippen molar-refractivity contribution in [3.05, 3.63) is 47.0 Å². The van der Waals surface area contributed by atoms with E-state index >= 15 is 0 Å². The van der Waals surface area contributed by atoms with Crippen LogP contribution in [0, 0.1) is 62.6 Å². The molecule has 3 N–H and O–H groups in total.